The van der Waals surface area contributed by atoms with Crippen LogP contribution in [0, 0.1) is 24.0 Å². The fourth-order valence-electron chi connectivity index (χ4n) is 5.14. The van der Waals surface area contributed by atoms with Crippen LogP contribution in [0.4, 0.5) is 25.0 Å². The van der Waals surface area contributed by atoms with E-state index in [4.69, 9.17) is 0 Å². The first-order valence-corrected chi connectivity index (χ1v) is 11.4. The van der Waals surface area contributed by atoms with Crippen molar-refractivity contribution in [3.63, 3.8) is 0 Å². The minimum atomic E-state index is -0.689. The maximum absolute atomic E-state index is 13.6. The summed E-state index contributed by atoms with van der Waals surface area (Å²) in [4.78, 5) is 29.8. The fourth-order valence-corrected chi connectivity index (χ4v) is 5.14. The lowest BCUT2D eigenvalue weighted by Gasteiger charge is -2.59. The van der Waals surface area contributed by atoms with Gasteiger partial charge in [-0.25, -0.2) is 13.6 Å². The van der Waals surface area contributed by atoms with Crippen molar-refractivity contribution in [1.82, 2.24) is 4.90 Å². The van der Waals surface area contributed by atoms with Crippen LogP contribution in [0.25, 0.3) is 0 Å². The van der Waals surface area contributed by atoms with Crippen molar-refractivity contribution in [3.05, 3.63) is 95.6 Å². The highest BCUT2D eigenvalue weighted by molar-refractivity contribution is 6.06. The molecule has 0 bridgehead atoms. The average molecular weight is 462 g/mol. The number of urea groups is 1. The zero-order valence-electron chi connectivity index (χ0n) is 18.8. The number of nitrogens with zero attached hydrogens (tertiary/aromatic N) is 2. The summed E-state index contributed by atoms with van der Waals surface area (Å²) >= 11 is 0. The second-order valence-corrected chi connectivity index (χ2v) is 8.99. The molecule has 34 heavy (non-hydrogen) atoms. The van der Waals surface area contributed by atoms with E-state index in [0.717, 1.165) is 16.8 Å². The Kier molecular flexibility index (Phi) is 5.55. The molecule has 2 saturated heterocycles. The van der Waals surface area contributed by atoms with Crippen LogP contribution in [-0.4, -0.2) is 29.9 Å². The van der Waals surface area contributed by atoms with Crippen LogP contribution in [-0.2, 0) is 4.79 Å². The highest BCUT2D eigenvalue weighted by Crippen LogP contribution is 2.57. The predicted octanol–water partition coefficient (Wildman–Crippen LogP) is 5.68. The average Bonchev–Trinajstić information content (AvgIpc) is 2.85. The van der Waals surface area contributed by atoms with Gasteiger partial charge < -0.3 is 15.1 Å². The summed E-state index contributed by atoms with van der Waals surface area (Å²) in [6.07, 6.45) is 0.986. The van der Waals surface area contributed by atoms with E-state index in [2.05, 4.69) is 5.32 Å². The number of hydrogen-bond donors (Lipinski definition) is 1. The van der Waals surface area contributed by atoms with E-state index < -0.39 is 5.41 Å². The molecule has 7 heteroatoms. The molecule has 5 nitrogen and oxygen atoms in total. The van der Waals surface area contributed by atoms with Gasteiger partial charge in [-0.15, -0.1) is 0 Å². The number of β-lactam (4-membered cyclic amide) rings is 1. The summed E-state index contributed by atoms with van der Waals surface area (Å²) in [5, 5.41) is 2.96. The molecule has 0 aliphatic carbocycles. The number of hydrogen-bond acceptors (Lipinski definition) is 2. The normalized spacial score (nSPS) is 19.1. The van der Waals surface area contributed by atoms with Gasteiger partial charge in [0.2, 0.25) is 5.91 Å². The van der Waals surface area contributed by atoms with E-state index in [0.29, 0.717) is 31.6 Å². The van der Waals surface area contributed by atoms with Crippen LogP contribution in [0.5, 0.6) is 0 Å². The monoisotopic (exact) mass is 461 g/mol. The molecule has 0 radical (unpaired) electrons. The number of rotatable bonds is 3. The smallest absolute Gasteiger partial charge is 0.321 e. The molecule has 2 aliphatic rings. The van der Waals surface area contributed by atoms with Crippen molar-refractivity contribution in [2.24, 2.45) is 5.41 Å². The minimum absolute atomic E-state index is 0.0487. The maximum atomic E-state index is 13.6. The number of piperidine rings is 1. The van der Waals surface area contributed by atoms with Crippen molar-refractivity contribution in [1.29, 1.82) is 0 Å². The van der Waals surface area contributed by atoms with Crippen LogP contribution in [0.15, 0.2) is 72.8 Å². The highest BCUT2D eigenvalue weighted by atomic mass is 19.1. The van der Waals surface area contributed by atoms with Gasteiger partial charge in [0.1, 0.15) is 11.6 Å². The lowest BCUT2D eigenvalue weighted by atomic mass is 9.62. The molecular formula is C27H25F2N3O2. The molecule has 2 heterocycles. The summed E-state index contributed by atoms with van der Waals surface area (Å²) in [5.41, 5.74) is 2.48. The molecule has 1 N–H and O–H groups in total. The number of amides is 3. The highest BCUT2D eigenvalue weighted by Gasteiger charge is 2.62. The van der Waals surface area contributed by atoms with Gasteiger partial charge >= 0.3 is 6.03 Å². The van der Waals surface area contributed by atoms with E-state index in [-0.39, 0.29) is 29.6 Å². The first kappa shape index (κ1) is 22.1. The molecule has 5 rings (SSSR count). The molecule has 0 aromatic heterocycles. The van der Waals surface area contributed by atoms with Gasteiger partial charge in [0.25, 0.3) is 0 Å². The Labute approximate surface area is 197 Å². The lowest BCUT2D eigenvalue weighted by Crippen LogP contribution is -2.67. The van der Waals surface area contributed by atoms with Gasteiger partial charge in [0, 0.05) is 24.5 Å². The summed E-state index contributed by atoms with van der Waals surface area (Å²) < 4.78 is 27.1. The number of nitrogens with one attached hydrogen (secondary N) is 1. The second-order valence-electron chi connectivity index (χ2n) is 8.99. The van der Waals surface area contributed by atoms with Crippen LogP contribution in [0.3, 0.4) is 0 Å². The number of carbonyl (C=O) groups is 2. The van der Waals surface area contributed by atoms with Crippen LogP contribution in [0.2, 0.25) is 0 Å². The van der Waals surface area contributed by atoms with Crippen LogP contribution >= 0.6 is 0 Å². The molecule has 3 aromatic rings. The molecule has 1 unspecified atom stereocenters. The van der Waals surface area contributed by atoms with Crippen molar-refractivity contribution in [2.45, 2.75) is 25.8 Å². The van der Waals surface area contributed by atoms with Gasteiger partial charge in [0.15, 0.2) is 0 Å². The number of halogens is 2. The zero-order valence-corrected chi connectivity index (χ0v) is 18.8. The summed E-state index contributed by atoms with van der Waals surface area (Å²) in [7, 11) is 0. The quantitative estimate of drug-likeness (QED) is 0.511. The number of carbonyl (C=O) groups excluding carboxylic acids is 2. The Morgan fingerprint density at radius 2 is 1.50 bits per heavy atom. The van der Waals surface area contributed by atoms with Crippen molar-refractivity contribution in [2.75, 3.05) is 23.3 Å². The summed E-state index contributed by atoms with van der Waals surface area (Å²) in [6, 6.07) is 19.1. The summed E-state index contributed by atoms with van der Waals surface area (Å²) in [6.45, 7) is 2.79. The first-order valence-electron chi connectivity index (χ1n) is 11.4. The number of benzene rings is 3. The Morgan fingerprint density at radius 3 is 2.12 bits per heavy atom. The van der Waals surface area contributed by atoms with Crippen LogP contribution in [0.1, 0.15) is 30.0 Å². The van der Waals surface area contributed by atoms with E-state index in [9.17, 15) is 18.4 Å². The molecule has 0 saturated carbocycles. The molecule has 2 fully saturated rings. The third kappa shape index (κ3) is 3.71. The molecule has 2 aliphatic heterocycles. The van der Waals surface area contributed by atoms with Crippen molar-refractivity contribution < 1.29 is 18.4 Å². The predicted molar refractivity (Wildman–Crippen MR) is 126 cm³/mol. The summed E-state index contributed by atoms with van der Waals surface area (Å²) in [5.74, 6) is -0.774. The SMILES string of the molecule is Cc1ccccc1NC(=O)N1CCC2(CC1)C(=O)N(c1ccc(F)cc1)C2c1ccc(F)cc1. The number of anilines is 2. The van der Waals surface area contributed by atoms with E-state index >= 15 is 0 Å². The van der Waals surface area contributed by atoms with Crippen molar-refractivity contribution >= 4 is 23.3 Å². The molecule has 3 aromatic carbocycles. The third-order valence-electron chi connectivity index (χ3n) is 7.05. The van der Waals surface area contributed by atoms with E-state index in [1.54, 1.807) is 34.1 Å². The van der Waals surface area contributed by atoms with Crippen LogP contribution < -0.4 is 10.2 Å². The third-order valence-corrected chi connectivity index (χ3v) is 7.05. The number of para-hydroxylation sites is 1. The van der Waals surface area contributed by atoms with Crippen molar-refractivity contribution in [3.8, 4) is 0 Å². The van der Waals surface area contributed by atoms with Gasteiger partial charge in [-0.3, -0.25) is 4.79 Å². The zero-order chi connectivity index (χ0) is 23.9. The van der Waals surface area contributed by atoms with E-state index in [1.165, 1.54) is 24.3 Å². The maximum Gasteiger partial charge on any atom is 0.321 e. The topological polar surface area (TPSA) is 52.7 Å². The second kappa shape index (κ2) is 8.56. The molecule has 3 amide bonds. The van der Waals surface area contributed by atoms with Gasteiger partial charge in [0.05, 0.1) is 11.5 Å². The van der Waals surface area contributed by atoms with Gasteiger partial charge in [-0.05, 0) is 73.4 Å². The first-order chi connectivity index (χ1) is 16.4. The van der Waals surface area contributed by atoms with E-state index in [1.807, 2.05) is 31.2 Å². The number of aryl methyl sites for hydroxylation is 1. The lowest BCUT2D eigenvalue weighted by molar-refractivity contribution is -0.144. The Balaban J connectivity index is 1.38. The molecule has 1 atom stereocenters. The van der Waals surface area contributed by atoms with Gasteiger partial charge in [-0.1, -0.05) is 30.3 Å². The standard InChI is InChI=1S/C27H25F2N3O2/c1-18-4-2-3-5-23(18)30-26(34)31-16-14-27(15-17-31)24(19-6-8-20(28)9-7-19)32(25(27)33)22-12-10-21(29)11-13-22/h2-13,24H,14-17H2,1H3,(H,30,34). The Morgan fingerprint density at radius 1 is 0.912 bits per heavy atom. The van der Waals surface area contributed by atoms with Gasteiger partial charge in [-0.2, -0.15) is 0 Å². The minimum Gasteiger partial charge on any atom is -0.324 e. The molecule has 174 valence electrons. The fraction of sp³-hybridized carbons (Fsp3) is 0.259. The Hall–Kier alpha value is -3.74. The Bertz CT molecular complexity index is 1220. The largest absolute Gasteiger partial charge is 0.324 e. The molecule has 1 spiro atoms. The number of likely N-dealkylation sites (tertiary alicyclic amines) is 1. The molecular weight excluding hydrogens is 436 g/mol.